The molecule has 1 aliphatic heterocycles. The van der Waals surface area contributed by atoms with E-state index in [1.165, 1.54) is 0 Å². The number of rotatable bonds is 3. The van der Waals surface area contributed by atoms with Crippen LogP contribution in [0.4, 0.5) is 19.0 Å². The highest BCUT2D eigenvalue weighted by molar-refractivity contribution is 5.81. The maximum Gasteiger partial charge on any atom is 0.272 e. The third-order valence-electron chi connectivity index (χ3n) is 3.68. The van der Waals surface area contributed by atoms with Gasteiger partial charge in [-0.3, -0.25) is 4.57 Å². The van der Waals surface area contributed by atoms with Gasteiger partial charge in [-0.15, -0.1) is 0 Å². The number of aromatic nitrogens is 4. The molecule has 22 heavy (non-hydrogen) atoms. The van der Waals surface area contributed by atoms with Crippen LogP contribution in [0.1, 0.15) is 6.23 Å². The minimum Gasteiger partial charge on any atom is -0.393 e. The first-order valence-electron chi connectivity index (χ1n) is 6.24. The Bertz CT molecular complexity index is 699. The minimum atomic E-state index is -3.33. The molecule has 0 radical (unpaired) electrons. The van der Waals surface area contributed by atoms with E-state index in [9.17, 15) is 18.3 Å². The van der Waals surface area contributed by atoms with Gasteiger partial charge in [0.05, 0.1) is 12.9 Å². The van der Waals surface area contributed by atoms with Crippen molar-refractivity contribution in [2.75, 3.05) is 12.3 Å². The fourth-order valence-electron chi connectivity index (χ4n) is 2.44. The summed E-state index contributed by atoms with van der Waals surface area (Å²) >= 11 is 0. The van der Waals surface area contributed by atoms with Gasteiger partial charge in [0, 0.05) is 0 Å². The Morgan fingerprint density at radius 2 is 2.14 bits per heavy atom. The molecule has 0 spiro atoms. The number of aliphatic hydroxyl groups excluding tert-OH is 2. The zero-order valence-corrected chi connectivity index (χ0v) is 11.0. The molecule has 11 heteroatoms. The number of nitrogens with two attached hydrogens (primary N) is 1. The lowest BCUT2D eigenvalue weighted by Crippen LogP contribution is -2.49. The third-order valence-corrected chi connectivity index (χ3v) is 3.68. The Hall–Kier alpha value is -1.98. The van der Waals surface area contributed by atoms with Crippen LogP contribution in [0, 0.1) is 0 Å². The summed E-state index contributed by atoms with van der Waals surface area (Å²) in [5.74, 6) is 0.0373. The Balaban J connectivity index is 2.06. The maximum absolute atomic E-state index is 14.1. The Morgan fingerprint density at radius 3 is 2.73 bits per heavy atom. The highest BCUT2D eigenvalue weighted by Crippen LogP contribution is 2.43. The fraction of sp³-hybridized carbons (Fsp3) is 0.545. The van der Waals surface area contributed by atoms with Gasteiger partial charge in [0.2, 0.25) is 0 Å². The molecule has 4 N–H and O–H groups in total. The summed E-state index contributed by atoms with van der Waals surface area (Å²) in [5.41, 5.74) is 3.04. The first-order valence-corrected chi connectivity index (χ1v) is 6.24. The molecule has 2 aromatic rings. The smallest absolute Gasteiger partial charge is 0.272 e. The standard InChI is InChI=1S/C11H12F3N5O3/c12-6-5(21)9(22-11(6,1-20)10(13)14)19-3-18-4-7(15)16-2-17-8(4)19/h2-3,5-6,9-10,20-21H,1H2,(H2,15,16,17)/t5-,6-,9-,11-/m1/s1. The molecule has 0 amide bonds. The quantitative estimate of drug-likeness (QED) is 0.706. The number of alkyl halides is 3. The number of halogens is 3. The molecule has 8 nitrogen and oxygen atoms in total. The molecule has 120 valence electrons. The van der Waals surface area contributed by atoms with Crippen LogP contribution in [-0.2, 0) is 4.74 Å². The zero-order chi connectivity index (χ0) is 16.1. The van der Waals surface area contributed by atoms with E-state index < -0.39 is 37.1 Å². The first-order chi connectivity index (χ1) is 10.4. The zero-order valence-electron chi connectivity index (χ0n) is 11.0. The summed E-state index contributed by atoms with van der Waals surface area (Å²) in [6.45, 7) is -1.29. The average molecular weight is 319 g/mol. The minimum absolute atomic E-state index is 0.0373. The van der Waals surface area contributed by atoms with Crippen LogP contribution < -0.4 is 5.73 Å². The molecule has 2 aromatic heterocycles. The number of imidazole rings is 1. The van der Waals surface area contributed by atoms with Gasteiger partial charge >= 0.3 is 0 Å². The predicted molar refractivity (Wildman–Crippen MR) is 66.6 cm³/mol. The summed E-state index contributed by atoms with van der Waals surface area (Å²) in [6, 6.07) is 0. The second-order valence-corrected chi connectivity index (χ2v) is 4.90. The normalized spacial score (nSPS) is 32.2. The lowest BCUT2D eigenvalue weighted by molar-refractivity contribution is -0.185. The Morgan fingerprint density at radius 1 is 1.41 bits per heavy atom. The first kappa shape index (κ1) is 14.9. The SMILES string of the molecule is Nc1ncnc2c1ncn2[C@@H]1O[C@@](CO)(C(F)F)[C@H](F)[C@H]1O. The fourth-order valence-corrected chi connectivity index (χ4v) is 2.44. The topological polar surface area (TPSA) is 119 Å². The van der Waals surface area contributed by atoms with E-state index in [4.69, 9.17) is 15.6 Å². The van der Waals surface area contributed by atoms with Crippen molar-refractivity contribution in [3.05, 3.63) is 12.7 Å². The van der Waals surface area contributed by atoms with Crippen molar-refractivity contribution in [1.82, 2.24) is 19.5 Å². The molecule has 1 aliphatic rings. The van der Waals surface area contributed by atoms with Crippen molar-refractivity contribution in [1.29, 1.82) is 0 Å². The molecule has 0 unspecified atom stereocenters. The molecule has 0 bridgehead atoms. The number of ether oxygens (including phenoxy) is 1. The van der Waals surface area contributed by atoms with Crippen molar-refractivity contribution in [3.8, 4) is 0 Å². The number of nitrogen functional groups attached to an aromatic ring is 1. The van der Waals surface area contributed by atoms with Crippen molar-refractivity contribution in [2.45, 2.75) is 30.5 Å². The summed E-state index contributed by atoms with van der Waals surface area (Å²) < 4.78 is 46.4. The number of aliphatic hydroxyl groups is 2. The van der Waals surface area contributed by atoms with Crippen molar-refractivity contribution in [3.63, 3.8) is 0 Å². The van der Waals surface area contributed by atoms with Crippen molar-refractivity contribution in [2.24, 2.45) is 0 Å². The van der Waals surface area contributed by atoms with Gasteiger partial charge < -0.3 is 20.7 Å². The van der Waals surface area contributed by atoms with E-state index in [1.807, 2.05) is 0 Å². The van der Waals surface area contributed by atoms with E-state index in [1.54, 1.807) is 0 Å². The Kier molecular flexibility index (Phi) is 3.42. The molecular formula is C11H12F3N5O3. The number of nitrogens with zero attached hydrogens (tertiary/aromatic N) is 4. The number of hydrogen-bond acceptors (Lipinski definition) is 7. The molecular weight excluding hydrogens is 307 g/mol. The van der Waals surface area contributed by atoms with Crippen LogP contribution in [0.2, 0.25) is 0 Å². The van der Waals surface area contributed by atoms with Gasteiger partial charge in [0.25, 0.3) is 6.43 Å². The van der Waals surface area contributed by atoms with E-state index in [-0.39, 0.29) is 17.0 Å². The molecule has 1 saturated heterocycles. The van der Waals surface area contributed by atoms with Crippen molar-refractivity contribution >= 4 is 17.0 Å². The van der Waals surface area contributed by atoms with Gasteiger partial charge in [-0.1, -0.05) is 0 Å². The third kappa shape index (κ3) is 1.86. The van der Waals surface area contributed by atoms with E-state index >= 15 is 0 Å². The highest BCUT2D eigenvalue weighted by atomic mass is 19.3. The van der Waals surface area contributed by atoms with E-state index in [2.05, 4.69) is 15.0 Å². The van der Waals surface area contributed by atoms with Gasteiger partial charge in [-0.25, -0.2) is 28.1 Å². The number of anilines is 1. The van der Waals surface area contributed by atoms with Gasteiger partial charge in [0.15, 0.2) is 29.5 Å². The van der Waals surface area contributed by atoms with Crippen LogP contribution in [0.15, 0.2) is 12.7 Å². The van der Waals surface area contributed by atoms with Crippen LogP contribution in [0.3, 0.4) is 0 Å². The number of hydrogen-bond donors (Lipinski definition) is 3. The lowest BCUT2D eigenvalue weighted by atomic mass is 9.98. The van der Waals surface area contributed by atoms with Gasteiger partial charge in [-0.2, -0.15) is 0 Å². The molecule has 0 saturated carbocycles. The van der Waals surface area contributed by atoms with Gasteiger partial charge in [0.1, 0.15) is 17.9 Å². The predicted octanol–water partition coefficient (Wildman–Crippen LogP) is -0.368. The second-order valence-electron chi connectivity index (χ2n) is 4.90. The summed E-state index contributed by atoms with van der Waals surface area (Å²) in [5, 5.41) is 19.0. The monoisotopic (exact) mass is 319 g/mol. The maximum atomic E-state index is 14.1. The number of fused-ring (bicyclic) bond motifs is 1. The van der Waals surface area contributed by atoms with Gasteiger partial charge in [-0.05, 0) is 0 Å². The van der Waals surface area contributed by atoms with Crippen LogP contribution in [0.5, 0.6) is 0 Å². The largest absolute Gasteiger partial charge is 0.393 e. The van der Waals surface area contributed by atoms with Crippen molar-refractivity contribution < 1.29 is 28.1 Å². The van der Waals surface area contributed by atoms with E-state index in [0.717, 1.165) is 17.2 Å². The summed E-state index contributed by atoms with van der Waals surface area (Å²) in [4.78, 5) is 11.5. The van der Waals surface area contributed by atoms with Crippen LogP contribution >= 0.6 is 0 Å². The second kappa shape index (κ2) is 5.04. The lowest BCUT2D eigenvalue weighted by Gasteiger charge is -2.27. The average Bonchev–Trinajstić information content (AvgIpc) is 3.02. The Labute approximate surface area is 121 Å². The molecule has 3 heterocycles. The molecule has 0 aromatic carbocycles. The molecule has 3 rings (SSSR count). The molecule has 4 atom stereocenters. The van der Waals surface area contributed by atoms with E-state index in [0.29, 0.717) is 0 Å². The molecule has 1 fully saturated rings. The summed E-state index contributed by atoms with van der Waals surface area (Å²) in [6.07, 6.45) is -7.06. The van der Waals surface area contributed by atoms with Crippen LogP contribution in [-0.4, -0.2) is 60.6 Å². The summed E-state index contributed by atoms with van der Waals surface area (Å²) in [7, 11) is 0. The van der Waals surface area contributed by atoms with Crippen LogP contribution in [0.25, 0.3) is 11.2 Å². The highest BCUT2D eigenvalue weighted by Gasteiger charge is 2.61. The molecule has 0 aliphatic carbocycles.